The standard InChI is InChI=1S/C18H35NO/c1-15(2)13-19-14-17(3,4)12-16-8-11-18(20-16)9-6-5-7-10-18/h15-16,19H,5-14H2,1-4H3. The first-order chi connectivity index (χ1) is 9.41. The van der Waals surface area contributed by atoms with Crippen molar-refractivity contribution in [1.29, 1.82) is 0 Å². The Morgan fingerprint density at radius 2 is 1.85 bits per heavy atom. The highest BCUT2D eigenvalue weighted by atomic mass is 16.5. The Labute approximate surface area is 126 Å². The molecule has 118 valence electrons. The molecule has 2 heteroatoms. The van der Waals surface area contributed by atoms with Crippen LogP contribution in [0.1, 0.15) is 79.1 Å². The van der Waals surface area contributed by atoms with Crippen LogP contribution in [0.15, 0.2) is 0 Å². The second-order valence-corrected chi connectivity index (χ2v) is 8.42. The van der Waals surface area contributed by atoms with E-state index in [1.165, 1.54) is 51.4 Å². The quantitative estimate of drug-likeness (QED) is 0.772. The summed E-state index contributed by atoms with van der Waals surface area (Å²) in [6.45, 7) is 11.5. The van der Waals surface area contributed by atoms with Crippen molar-refractivity contribution >= 4 is 0 Å². The van der Waals surface area contributed by atoms with Crippen molar-refractivity contribution in [2.24, 2.45) is 11.3 Å². The number of ether oxygens (including phenoxy) is 1. The van der Waals surface area contributed by atoms with Gasteiger partial charge in [0.2, 0.25) is 0 Å². The third-order valence-electron chi connectivity index (χ3n) is 5.04. The maximum Gasteiger partial charge on any atom is 0.0687 e. The molecule has 1 saturated heterocycles. The van der Waals surface area contributed by atoms with Gasteiger partial charge in [-0.25, -0.2) is 0 Å². The molecule has 0 amide bonds. The first-order valence-electron chi connectivity index (χ1n) is 8.79. The summed E-state index contributed by atoms with van der Waals surface area (Å²) in [6.07, 6.45) is 11.1. The van der Waals surface area contributed by atoms with Gasteiger partial charge >= 0.3 is 0 Å². The predicted molar refractivity (Wildman–Crippen MR) is 86.0 cm³/mol. The van der Waals surface area contributed by atoms with E-state index in [1.54, 1.807) is 0 Å². The van der Waals surface area contributed by atoms with Gasteiger partial charge in [0.25, 0.3) is 0 Å². The fourth-order valence-electron chi connectivity index (χ4n) is 3.99. The predicted octanol–water partition coefficient (Wildman–Crippen LogP) is 4.53. The largest absolute Gasteiger partial charge is 0.372 e. The Bertz CT molecular complexity index is 292. The third kappa shape index (κ3) is 4.73. The lowest BCUT2D eigenvalue weighted by Gasteiger charge is -2.35. The maximum absolute atomic E-state index is 6.53. The molecule has 0 bridgehead atoms. The second-order valence-electron chi connectivity index (χ2n) is 8.42. The Morgan fingerprint density at radius 3 is 2.50 bits per heavy atom. The zero-order chi connectivity index (χ0) is 14.6. The molecule has 1 N–H and O–H groups in total. The van der Waals surface area contributed by atoms with Gasteiger partial charge in [0, 0.05) is 6.54 Å². The van der Waals surface area contributed by atoms with E-state index >= 15 is 0 Å². The van der Waals surface area contributed by atoms with Crippen molar-refractivity contribution < 1.29 is 4.74 Å². The van der Waals surface area contributed by atoms with Crippen LogP contribution in [0.5, 0.6) is 0 Å². The first kappa shape index (κ1) is 16.3. The summed E-state index contributed by atoms with van der Waals surface area (Å²) in [5.74, 6) is 0.735. The van der Waals surface area contributed by atoms with Crippen molar-refractivity contribution in [1.82, 2.24) is 5.32 Å². The Hall–Kier alpha value is -0.0800. The van der Waals surface area contributed by atoms with Crippen molar-refractivity contribution in [3.63, 3.8) is 0 Å². The molecule has 0 aromatic rings. The number of hydrogen-bond acceptors (Lipinski definition) is 2. The van der Waals surface area contributed by atoms with E-state index in [4.69, 9.17) is 4.74 Å². The number of nitrogens with one attached hydrogen (secondary N) is 1. The van der Waals surface area contributed by atoms with Gasteiger partial charge in [0.1, 0.15) is 0 Å². The van der Waals surface area contributed by atoms with Gasteiger partial charge in [0.15, 0.2) is 0 Å². The van der Waals surface area contributed by atoms with Crippen LogP contribution in [0.25, 0.3) is 0 Å². The molecule has 1 atom stereocenters. The molecule has 2 rings (SSSR count). The molecule has 20 heavy (non-hydrogen) atoms. The lowest BCUT2D eigenvalue weighted by atomic mass is 9.82. The molecule has 2 aliphatic rings. The number of hydrogen-bond donors (Lipinski definition) is 1. The maximum atomic E-state index is 6.53. The van der Waals surface area contributed by atoms with E-state index in [0.29, 0.717) is 11.5 Å². The molecule has 1 spiro atoms. The Balaban J connectivity index is 1.75. The lowest BCUT2D eigenvalue weighted by Crippen LogP contribution is -2.36. The molecule has 1 heterocycles. The van der Waals surface area contributed by atoms with E-state index in [9.17, 15) is 0 Å². The van der Waals surface area contributed by atoms with Crippen molar-refractivity contribution in [2.75, 3.05) is 13.1 Å². The molecular weight excluding hydrogens is 246 g/mol. The zero-order valence-corrected chi connectivity index (χ0v) is 14.1. The summed E-state index contributed by atoms with van der Waals surface area (Å²) in [7, 11) is 0. The summed E-state index contributed by atoms with van der Waals surface area (Å²) in [5, 5.41) is 3.61. The molecule has 0 aromatic carbocycles. The fraction of sp³-hybridized carbons (Fsp3) is 1.00. The van der Waals surface area contributed by atoms with E-state index in [-0.39, 0.29) is 5.60 Å². The SMILES string of the molecule is CC(C)CNCC(C)(C)CC1CCC2(CCCCC2)O1. The van der Waals surface area contributed by atoms with Gasteiger partial charge in [0.05, 0.1) is 11.7 Å². The van der Waals surface area contributed by atoms with E-state index in [1.807, 2.05) is 0 Å². The molecule has 1 unspecified atom stereocenters. The fourth-order valence-corrected chi connectivity index (χ4v) is 3.99. The highest BCUT2D eigenvalue weighted by Crippen LogP contribution is 2.44. The minimum Gasteiger partial charge on any atom is -0.372 e. The monoisotopic (exact) mass is 281 g/mol. The van der Waals surface area contributed by atoms with Crippen LogP contribution in [0.4, 0.5) is 0 Å². The molecular formula is C18H35NO. The van der Waals surface area contributed by atoms with Crippen LogP contribution in [-0.4, -0.2) is 24.8 Å². The van der Waals surface area contributed by atoms with Crippen LogP contribution in [0.2, 0.25) is 0 Å². The first-order valence-corrected chi connectivity index (χ1v) is 8.79. The van der Waals surface area contributed by atoms with Gasteiger partial charge in [-0.3, -0.25) is 0 Å². The highest BCUT2D eigenvalue weighted by molar-refractivity contribution is 4.92. The van der Waals surface area contributed by atoms with Crippen LogP contribution >= 0.6 is 0 Å². The summed E-state index contributed by atoms with van der Waals surface area (Å²) in [5.41, 5.74) is 0.629. The lowest BCUT2D eigenvalue weighted by molar-refractivity contribution is -0.0745. The summed E-state index contributed by atoms with van der Waals surface area (Å²) < 4.78 is 6.53. The number of rotatable bonds is 6. The summed E-state index contributed by atoms with van der Waals surface area (Å²) in [6, 6.07) is 0. The summed E-state index contributed by atoms with van der Waals surface area (Å²) in [4.78, 5) is 0. The topological polar surface area (TPSA) is 21.3 Å². The Morgan fingerprint density at radius 1 is 1.15 bits per heavy atom. The molecule has 0 radical (unpaired) electrons. The molecule has 1 saturated carbocycles. The average Bonchev–Trinajstić information content (AvgIpc) is 2.71. The molecule has 2 nitrogen and oxygen atoms in total. The van der Waals surface area contributed by atoms with Crippen LogP contribution in [0, 0.1) is 11.3 Å². The molecule has 0 aromatic heterocycles. The van der Waals surface area contributed by atoms with Crippen molar-refractivity contribution in [3.05, 3.63) is 0 Å². The van der Waals surface area contributed by atoms with Gasteiger partial charge < -0.3 is 10.1 Å². The zero-order valence-electron chi connectivity index (χ0n) is 14.1. The minimum atomic E-state index is 0.282. The van der Waals surface area contributed by atoms with Crippen LogP contribution in [0.3, 0.4) is 0 Å². The van der Waals surface area contributed by atoms with Crippen LogP contribution < -0.4 is 5.32 Å². The second kappa shape index (κ2) is 6.79. The smallest absolute Gasteiger partial charge is 0.0687 e. The minimum absolute atomic E-state index is 0.282. The van der Waals surface area contributed by atoms with E-state index in [0.717, 1.165) is 19.0 Å². The normalized spacial score (nSPS) is 26.6. The highest BCUT2D eigenvalue weighted by Gasteiger charge is 2.42. The molecule has 2 fully saturated rings. The molecule has 1 aliphatic heterocycles. The molecule has 1 aliphatic carbocycles. The van der Waals surface area contributed by atoms with Crippen LogP contribution in [-0.2, 0) is 4.74 Å². The van der Waals surface area contributed by atoms with E-state index < -0.39 is 0 Å². The Kier molecular flexibility index (Phi) is 5.53. The van der Waals surface area contributed by atoms with E-state index in [2.05, 4.69) is 33.0 Å². The summed E-state index contributed by atoms with van der Waals surface area (Å²) >= 11 is 0. The van der Waals surface area contributed by atoms with Gasteiger partial charge in [-0.2, -0.15) is 0 Å². The third-order valence-corrected chi connectivity index (χ3v) is 5.04. The van der Waals surface area contributed by atoms with Gasteiger partial charge in [-0.1, -0.05) is 47.0 Å². The van der Waals surface area contributed by atoms with Crippen molar-refractivity contribution in [3.8, 4) is 0 Å². The van der Waals surface area contributed by atoms with Gasteiger partial charge in [-0.05, 0) is 50.0 Å². The average molecular weight is 281 g/mol. The van der Waals surface area contributed by atoms with Crippen molar-refractivity contribution in [2.45, 2.75) is 90.8 Å². The van der Waals surface area contributed by atoms with Gasteiger partial charge in [-0.15, -0.1) is 0 Å².